The van der Waals surface area contributed by atoms with Crippen molar-refractivity contribution < 1.29 is 5.11 Å². The van der Waals surface area contributed by atoms with E-state index < -0.39 is 0 Å². The SMILES string of the molecule is Oc1cncc(N2CCC2)c1. The third-order valence-corrected chi connectivity index (χ3v) is 1.93. The molecule has 2 heterocycles. The van der Waals surface area contributed by atoms with Crippen molar-refractivity contribution in [1.82, 2.24) is 4.98 Å². The van der Waals surface area contributed by atoms with E-state index in [9.17, 15) is 0 Å². The minimum absolute atomic E-state index is 0.245. The average molecular weight is 150 g/mol. The predicted molar refractivity (Wildman–Crippen MR) is 42.7 cm³/mol. The maximum absolute atomic E-state index is 9.09. The van der Waals surface area contributed by atoms with Crippen molar-refractivity contribution in [2.24, 2.45) is 0 Å². The van der Waals surface area contributed by atoms with Crippen molar-refractivity contribution >= 4 is 5.69 Å². The van der Waals surface area contributed by atoms with Crippen LogP contribution >= 0.6 is 0 Å². The topological polar surface area (TPSA) is 36.4 Å². The van der Waals surface area contributed by atoms with Gasteiger partial charge in [0.15, 0.2) is 0 Å². The van der Waals surface area contributed by atoms with Crippen LogP contribution in [0.15, 0.2) is 18.5 Å². The molecule has 0 bridgehead atoms. The molecule has 2 rings (SSSR count). The van der Waals surface area contributed by atoms with Gasteiger partial charge in [0.2, 0.25) is 0 Å². The fraction of sp³-hybridized carbons (Fsp3) is 0.375. The number of pyridine rings is 1. The highest BCUT2D eigenvalue weighted by atomic mass is 16.3. The van der Waals surface area contributed by atoms with E-state index in [0.717, 1.165) is 18.8 Å². The van der Waals surface area contributed by atoms with E-state index in [-0.39, 0.29) is 5.75 Å². The fourth-order valence-electron chi connectivity index (χ4n) is 1.16. The maximum Gasteiger partial charge on any atom is 0.135 e. The van der Waals surface area contributed by atoms with Crippen LogP contribution in [-0.2, 0) is 0 Å². The van der Waals surface area contributed by atoms with Crippen molar-refractivity contribution in [3.8, 4) is 5.75 Å². The zero-order chi connectivity index (χ0) is 7.68. The van der Waals surface area contributed by atoms with E-state index in [2.05, 4.69) is 9.88 Å². The van der Waals surface area contributed by atoms with Gasteiger partial charge in [-0.1, -0.05) is 0 Å². The molecule has 0 unspecified atom stereocenters. The van der Waals surface area contributed by atoms with Crippen LogP contribution in [0.2, 0.25) is 0 Å². The lowest BCUT2D eigenvalue weighted by Crippen LogP contribution is -2.36. The van der Waals surface area contributed by atoms with Gasteiger partial charge in [-0.15, -0.1) is 0 Å². The quantitative estimate of drug-likeness (QED) is 0.648. The van der Waals surface area contributed by atoms with Crippen molar-refractivity contribution in [2.75, 3.05) is 18.0 Å². The molecule has 1 aliphatic rings. The van der Waals surface area contributed by atoms with Crippen LogP contribution in [0.5, 0.6) is 5.75 Å². The molecule has 11 heavy (non-hydrogen) atoms. The van der Waals surface area contributed by atoms with Crippen LogP contribution in [-0.4, -0.2) is 23.2 Å². The Bertz CT molecular complexity index is 258. The lowest BCUT2D eigenvalue weighted by molar-refractivity contribution is 0.472. The lowest BCUT2D eigenvalue weighted by Gasteiger charge is -2.32. The molecule has 3 nitrogen and oxygen atoms in total. The summed E-state index contributed by atoms with van der Waals surface area (Å²) in [5.41, 5.74) is 1.02. The Morgan fingerprint density at radius 3 is 2.73 bits per heavy atom. The van der Waals surface area contributed by atoms with Gasteiger partial charge in [0.05, 0.1) is 18.1 Å². The van der Waals surface area contributed by atoms with Crippen LogP contribution in [0.3, 0.4) is 0 Å². The second-order valence-corrected chi connectivity index (χ2v) is 2.74. The Hall–Kier alpha value is -1.25. The van der Waals surface area contributed by atoms with E-state index in [1.165, 1.54) is 12.6 Å². The number of hydrogen-bond acceptors (Lipinski definition) is 3. The summed E-state index contributed by atoms with van der Waals surface area (Å²) < 4.78 is 0. The molecule has 0 atom stereocenters. The largest absolute Gasteiger partial charge is 0.506 e. The van der Waals surface area contributed by atoms with Crippen LogP contribution in [0.25, 0.3) is 0 Å². The number of rotatable bonds is 1. The molecular formula is C8H10N2O. The van der Waals surface area contributed by atoms with Crippen molar-refractivity contribution in [3.05, 3.63) is 18.5 Å². The van der Waals surface area contributed by atoms with Gasteiger partial charge in [-0.2, -0.15) is 0 Å². The van der Waals surface area contributed by atoms with Crippen LogP contribution < -0.4 is 4.90 Å². The molecule has 0 amide bonds. The Morgan fingerprint density at radius 2 is 2.18 bits per heavy atom. The number of hydrogen-bond donors (Lipinski definition) is 1. The molecule has 0 aromatic carbocycles. The fourth-order valence-corrected chi connectivity index (χ4v) is 1.16. The molecule has 0 aliphatic carbocycles. The third-order valence-electron chi connectivity index (χ3n) is 1.93. The first kappa shape index (κ1) is 6.46. The first-order valence-electron chi connectivity index (χ1n) is 3.75. The van der Waals surface area contributed by atoms with Crippen molar-refractivity contribution in [1.29, 1.82) is 0 Å². The van der Waals surface area contributed by atoms with E-state index in [1.807, 2.05) is 0 Å². The average Bonchev–Trinajstić information content (AvgIpc) is 1.83. The summed E-state index contributed by atoms with van der Waals surface area (Å²) >= 11 is 0. The highest BCUT2D eigenvalue weighted by molar-refractivity contribution is 5.49. The molecule has 1 saturated heterocycles. The zero-order valence-electron chi connectivity index (χ0n) is 6.20. The molecule has 0 radical (unpaired) electrons. The smallest absolute Gasteiger partial charge is 0.135 e. The molecule has 0 spiro atoms. The Morgan fingerprint density at radius 1 is 1.36 bits per heavy atom. The number of nitrogens with zero attached hydrogens (tertiary/aromatic N) is 2. The summed E-state index contributed by atoms with van der Waals surface area (Å²) in [6.07, 6.45) is 4.47. The van der Waals surface area contributed by atoms with Crippen LogP contribution in [0.1, 0.15) is 6.42 Å². The van der Waals surface area contributed by atoms with Gasteiger partial charge in [0, 0.05) is 19.2 Å². The molecule has 0 saturated carbocycles. The van der Waals surface area contributed by atoms with Gasteiger partial charge in [-0.05, 0) is 6.42 Å². The minimum atomic E-state index is 0.245. The van der Waals surface area contributed by atoms with Crippen molar-refractivity contribution in [2.45, 2.75) is 6.42 Å². The Labute approximate surface area is 65.3 Å². The molecule has 58 valence electrons. The van der Waals surface area contributed by atoms with Gasteiger partial charge in [-0.3, -0.25) is 4.98 Å². The standard InChI is InChI=1S/C8H10N2O/c11-8-4-7(5-9-6-8)10-2-1-3-10/h4-6,11H,1-3H2. The van der Waals surface area contributed by atoms with E-state index in [0.29, 0.717) is 0 Å². The van der Waals surface area contributed by atoms with E-state index in [4.69, 9.17) is 5.11 Å². The highest BCUT2D eigenvalue weighted by Gasteiger charge is 2.14. The molecular weight excluding hydrogens is 140 g/mol. The van der Waals surface area contributed by atoms with Gasteiger partial charge in [0.25, 0.3) is 0 Å². The van der Waals surface area contributed by atoms with E-state index in [1.54, 1.807) is 12.3 Å². The zero-order valence-corrected chi connectivity index (χ0v) is 6.20. The molecule has 1 aromatic heterocycles. The normalized spacial score (nSPS) is 16.2. The monoisotopic (exact) mass is 150 g/mol. The molecule has 1 fully saturated rings. The second-order valence-electron chi connectivity index (χ2n) is 2.74. The first-order chi connectivity index (χ1) is 5.36. The maximum atomic E-state index is 9.09. The summed E-state index contributed by atoms with van der Waals surface area (Å²) in [6.45, 7) is 2.18. The van der Waals surface area contributed by atoms with Gasteiger partial charge >= 0.3 is 0 Å². The van der Waals surface area contributed by atoms with Gasteiger partial charge in [0.1, 0.15) is 5.75 Å². The number of anilines is 1. The highest BCUT2D eigenvalue weighted by Crippen LogP contribution is 2.22. The Balaban J connectivity index is 2.23. The molecule has 1 aromatic rings. The van der Waals surface area contributed by atoms with Gasteiger partial charge < -0.3 is 10.0 Å². The summed E-state index contributed by atoms with van der Waals surface area (Å²) in [7, 11) is 0. The first-order valence-corrected chi connectivity index (χ1v) is 3.75. The summed E-state index contributed by atoms with van der Waals surface area (Å²) in [5, 5.41) is 9.09. The van der Waals surface area contributed by atoms with Crippen molar-refractivity contribution in [3.63, 3.8) is 0 Å². The second kappa shape index (κ2) is 2.42. The third kappa shape index (κ3) is 1.13. The van der Waals surface area contributed by atoms with Crippen LogP contribution in [0, 0.1) is 0 Å². The summed E-state index contributed by atoms with van der Waals surface area (Å²) in [4.78, 5) is 6.08. The van der Waals surface area contributed by atoms with E-state index >= 15 is 0 Å². The molecule has 1 N–H and O–H groups in total. The molecule has 3 heteroatoms. The number of aromatic nitrogens is 1. The summed E-state index contributed by atoms with van der Waals surface area (Å²) in [5.74, 6) is 0.245. The Kier molecular flexibility index (Phi) is 1.42. The lowest BCUT2D eigenvalue weighted by atomic mass is 10.2. The minimum Gasteiger partial charge on any atom is -0.506 e. The van der Waals surface area contributed by atoms with Crippen LogP contribution in [0.4, 0.5) is 5.69 Å². The number of aromatic hydroxyl groups is 1. The molecule has 1 aliphatic heterocycles. The summed E-state index contributed by atoms with van der Waals surface area (Å²) in [6, 6.07) is 1.74. The predicted octanol–water partition coefficient (Wildman–Crippen LogP) is 0.997. The van der Waals surface area contributed by atoms with Gasteiger partial charge in [-0.25, -0.2) is 0 Å².